The van der Waals surface area contributed by atoms with Crippen molar-refractivity contribution < 1.29 is 17.9 Å². The number of benzene rings is 1. The zero-order chi connectivity index (χ0) is 12.7. The molecule has 0 bridgehead atoms. The van der Waals surface area contributed by atoms with Gasteiger partial charge in [0.05, 0.1) is 5.75 Å². The molecule has 1 aromatic rings. The lowest BCUT2D eigenvalue weighted by Crippen LogP contribution is -2.36. The van der Waals surface area contributed by atoms with Crippen LogP contribution >= 0.6 is 0 Å². The highest BCUT2D eigenvalue weighted by atomic mass is 32.2. The first-order valence-corrected chi connectivity index (χ1v) is 7.53. The van der Waals surface area contributed by atoms with Crippen LogP contribution in [0.25, 0.3) is 0 Å². The van der Waals surface area contributed by atoms with E-state index in [1.807, 2.05) is 0 Å². The van der Waals surface area contributed by atoms with Crippen LogP contribution in [-0.2, 0) is 15.4 Å². The zero-order valence-electron chi connectivity index (χ0n) is 9.56. The smallest absolute Gasteiger partial charge is 0.150 e. The van der Waals surface area contributed by atoms with E-state index in [1.54, 1.807) is 0 Å². The van der Waals surface area contributed by atoms with Crippen molar-refractivity contribution in [3.63, 3.8) is 0 Å². The third kappa shape index (κ3) is 2.84. The summed E-state index contributed by atoms with van der Waals surface area (Å²) >= 11 is 0. The van der Waals surface area contributed by atoms with Crippen molar-refractivity contribution in [3.05, 3.63) is 35.6 Å². The molecule has 5 heteroatoms. The maximum Gasteiger partial charge on any atom is 0.150 e. The molecular weight excluding hydrogens is 243 g/mol. The fourth-order valence-corrected chi connectivity index (χ4v) is 3.34. The molecule has 0 heterocycles. The summed E-state index contributed by atoms with van der Waals surface area (Å²) in [5.74, 6) is -0.745. The van der Waals surface area contributed by atoms with Gasteiger partial charge in [0.25, 0.3) is 0 Å². The van der Waals surface area contributed by atoms with Crippen molar-refractivity contribution in [2.75, 3.05) is 12.0 Å². The van der Waals surface area contributed by atoms with Crippen LogP contribution in [0.5, 0.6) is 0 Å². The predicted molar refractivity (Wildman–Crippen MR) is 62.7 cm³/mol. The number of halogens is 1. The Morgan fingerprint density at radius 3 is 2.29 bits per heavy atom. The molecule has 1 N–H and O–H groups in total. The summed E-state index contributed by atoms with van der Waals surface area (Å²) in [6.45, 7) is 0. The molecule has 94 valence electrons. The van der Waals surface area contributed by atoms with Crippen molar-refractivity contribution in [2.24, 2.45) is 5.92 Å². The maximum absolute atomic E-state index is 12.8. The number of aliphatic hydroxyl groups is 1. The van der Waals surface area contributed by atoms with Crippen LogP contribution in [-0.4, -0.2) is 25.5 Å². The molecule has 0 radical (unpaired) electrons. The minimum Gasteiger partial charge on any atom is -0.384 e. The molecule has 0 amide bonds. The molecule has 0 unspecified atom stereocenters. The monoisotopic (exact) mass is 258 g/mol. The topological polar surface area (TPSA) is 54.4 Å². The van der Waals surface area contributed by atoms with E-state index in [4.69, 9.17) is 0 Å². The molecule has 0 aromatic heterocycles. The average Bonchev–Trinajstić information content (AvgIpc) is 2.98. The lowest BCUT2D eigenvalue weighted by molar-refractivity contribution is 0.0366. The van der Waals surface area contributed by atoms with Crippen molar-refractivity contribution in [2.45, 2.75) is 18.4 Å². The van der Waals surface area contributed by atoms with E-state index in [0.29, 0.717) is 5.56 Å². The molecule has 2 rings (SSSR count). The van der Waals surface area contributed by atoms with Crippen molar-refractivity contribution >= 4 is 9.84 Å². The van der Waals surface area contributed by atoms with E-state index in [2.05, 4.69) is 0 Å². The molecule has 1 aliphatic rings. The van der Waals surface area contributed by atoms with Gasteiger partial charge < -0.3 is 5.11 Å². The minimum atomic E-state index is -3.29. The number of sulfone groups is 1. The summed E-state index contributed by atoms with van der Waals surface area (Å²) in [5.41, 5.74) is -0.895. The van der Waals surface area contributed by atoms with Crippen molar-refractivity contribution in [3.8, 4) is 0 Å². The summed E-state index contributed by atoms with van der Waals surface area (Å²) in [6, 6.07) is 5.40. The molecule has 1 aliphatic carbocycles. The second-order valence-electron chi connectivity index (χ2n) is 4.78. The molecule has 0 spiro atoms. The quantitative estimate of drug-likeness (QED) is 0.889. The highest BCUT2D eigenvalue weighted by Crippen LogP contribution is 2.46. The Morgan fingerprint density at radius 1 is 1.35 bits per heavy atom. The minimum absolute atomic E-state index is 0.0392. The second-order valence-corrected chi connectivity index (χ2v) is 6.92. The van der Waals surface area contributed by atoms with Crippen molar-refractivity contribution in [1.82, 2.24) is 0 Å². The van der Waals surface area contributed by atoms with Crippen LogP contribution in [0.2, 0.25) is 0 Å². The van der Waals surface area contributed by atoms with Gasteiger partial charge in [-0.3, -0.25) is 0 Å². The van der Waals surface area contributed by atoms with Crippen LogP contribution in [0.15, 0.2) is 24.3 Å². The fraction of sp³-hybridized carbons (Fsp3) is 0.500. The molecule has 0 aliphatic heterocycles. The van der Waals surface area contributed by atoms with Gasteiger partial charge in [0.2, 0.25) is 0 Å². The second kappa shape index (κ2) is 4.07. The fourth-order valence-electron chi connectivity index (χ4n) is 2.14. The van der Waals surface area contributed by atoms with Gasteiger partial charge in [0.15, 0.2) is 9.84 Å². The van der Waals surface area contributed by atoms with Gasteiger partial charge in [-0.15, -0.1) is 0 Å². The van der Waals surface area contributed by atoms with E-state index < -0.39 is 21.3 Å². The normalized spacial score (nSPS) is 19.9. The standard InChI is InChI=1S/C12H15FO3S/c1-17(15,16)8-12(14,9-2-3-9)10-4-6-11(13)7-5-10/h4-7,9,14H,2-3,8H2,1H3/t12-/m0/s1. The molecule has 3 nitrogen and oxygen atoms in total. The molecule has 1 fully saturated rings. The zero-order valence-corrected chi connectivity index (χ0v) is 10.4. The highest BCUT2D eigenvalue weighted by Gasteiger charge is 2.47. The van der Waals surface area contributed by atoms with Crippen LogP contribution in [0, 0.1) is 11.7 Å². The SMILES string of the molecule is CS(=O)(=O)C[C@@](O)(c1ccc(F)cc1)C1CC1. The summed E-state index contributed by atoms with van der Waals surface area (Å²) in [7, 11) is -3.29. The van der Waals surface area contributed by atoms with Crippen LogP contribution in [0.3, 0.4) is 0 Å². The van der Waals surface area contributed by atoms with Gasteiger partial charge in [-0.25, -0.2) is 12.8 Å². The Kier molecular flexibility index (Phi) is 2.99. The first-order valence-electron chi connectivity index (χ1n) is 5.47. The maximum atomic E-state index is 12.8. The Morgan fingerprint density at radius 2 is 1.88 bits per heavy atom. The predicted octanol–water partition coefficient (Wildman–Crippen LogP) is 1.47. The van der Waals surface area contributed by atoms with Gasteiger partial charge in [-0.1, -0.05) is 12.1 Å². The highest BCUT2D eigenvalue weighted by molar-refractivity contribution is 7.90. The van der Waals surface area contributed by atoms with Crippen LogP contribution in [0.4, 0.5) is 4.39 Å². The largest absolute Gasteiger partial charge is 0.384 e. The van der Waals surface area contributed by atoms with E-state index in [-0.39, 0.29) is 11.7 Å². The van der Waals surface area contributed by atoms with Gasteiger partial charge in [-0.2, -0.15) is 0 Å². The molecule has 17 heavy (non-hydrogen) atoms. The number of hydrogen-bond donors (Lipinski definition) is 1. The number of rotatable bonds is 4. The lowest BCUT2D eigenvalue weighted by atomic mass is 9.91. The van der Waals surface area contributed by atoms with E-state index >= 15 is 0 Å². The van der Waals surface area contributed by atoms with E-state index in [0.717, 1.165) is 19.1 Å². The summed E-state index contributed by atoms with van der Waals surface area (Å²) < 4.78 is 35.6. The van der Waals surface area contributed by atoms with Crippen LogP contribution < -0.4 is 0 Å². The van der Waals surface area contributed by atoms with E-state index in [9.17, 15) is 17.9 Å². The van der Waals surface area contributed by atoms with Gasteiger partial charge in [-0.05, 0) is 36.5 Å². The Hall–Kier alpha value is -0.940. The van der Waals surface area contributed by atoms with Gasteiger partial charge >= 0.3 is 0 Å². The molecule has 0 saturated heterocycles. The van der Waals surface area contributed by atoms with Crippen molar-refractivity contribution in [1.29, 1.82) is 0 Å². The first-order chi connectivity index (χ1) is 7.81. The van der Waals surface area contributed by atoms with Gasteiger partial charge in [0.1, 0.15) is 11.4 Å². The third-order valence-corrected chi connectivity index (χ3v) is 4.04. The Bertz CT molecular complexity index is 505. The van der Waals surface area contributed by atoms with Crippen LogP contribution in [0.1, 0.15) is 18.4 Å². The van der Waals surface area contributed by atoms with E-state index in [1.165, 1.54) is 24.3 Å². The Balaban J connectivity index is 2.37. The lowest BCUT2D eigenvalue weighted by Gasteiger charge is -2.27. The Labute approximate surface area is 100 Å². The van der Waals surface area contributed by atoms with Gasteiger partial charge in [0, 0.05) is 6.26 Å². The summed E-state index contributed by atoms with van der Waals surface area (Å²) in [5, 5.41) is 10.5. The molecular formula is C12H15FO3S. The molecule has 1 aromatic carbocycles. The number of hydrogen-bond acceptors (Lipinski definition) is 3. The molecule has 1 atom stereocenters. The first kappa shape index (κ1) is 12.5. The average molecular weight is 258 g/mol. The summed E-state index contributed by atoms with van der Waals surface area (Å²) in [6.07, 6.45) is 2.72. The molecule has 1 saturated carbocycles. The third-order valence-electron chi connectivity index (χ3n) is 3.08. The summed E-state index contributed by atoms with van der Waals surface area (Å²) in [4.78, 5) is 0.